The standard InChI is InChI=1S/C14H21NO2/c1-10-3-5-12(6-4-10)14(11(2)15)17-13-7-8-16-9-13/h3-6,11,13-14H,7-9,15H2,1-2H3. The molecule has 1 aromatic carbocycles. The summed E-state index contributed by atoms with van der Waals surface area (Å²) in [6.07, 6.45) is 1.12. The van der Waals surface area contributed by atoms with Crippen LogP contribution in [0.3, 0.4) is 0 Å². The minimum absolute atomic E-state index is 0.0155. The molecule has 0 amide bonds. The van der Waals surface area contributed by atoms with Crippen molar-refractivity contribution in [2.24, 2.45) is 5.73 Å². The van der Waals surface area contributed by atoms with Crippen molar-refractivity contribution in [1.82, 2.24) is 0 Å². The quantitative estimate of drug-likeness (QED) is 0.870. The van der Waals surface area contributed by atoms with Gasteiger partial charge in [0.2, 0.25) is 0 Å². The first-order valence-electron chi connectivity index (χ1n) is 6.22. The van der Waals surface area contributed by atoms with Crippen LogP contribution in [0.25, 0.3) is 0 Å². The molecule has 94 valence electrons. The molecule has 0 radical (unpaired) electrons. The van der Waals surface area contributed by atoms with Gasteiger partial charge in [0.25, 0.3) is 0 Å². The molecule has 0 saturated carbocycles. The molecule has 3 nitrogen and oxygen atoms in total. The maximum atomic E-state index is 6.05. The van der Waals surface area contributed by atoms with Crippen molar-refractivity contribution >= 4 is 0 Å². The second-order valence-corrected chi connectivity index (χ2v) is 4.81. The minimum atomic E-state index is -0.0395. The van der Waals surface area contributed by atoms with Crippen molar-refractivity contribution in [1.29, 1.82) is 0 Å². The Labute approximate surface area is 103 Å². The summed E-state index contributed by atoms with van der Waals surface area (Å²) in [5, 5.41) is 0. The average Bonchev–Trinajstić information content (AvgIpc) is 2.80. The monoisotopic (exact) mass is 235 g/mol. The fraction of sp³-hybridized carbons (Fsp3) is 0.571. The zero-order chi connectivity index (χ0) is 12.3. The second kappa shape index (κ2) is 5.63. The predicted molar refractivity (Wildman–Crippen MR) is 67.9 cm³/mol. The highest BCUT2D eigenvalue weighted by atomic mass is 16.6. The van der Waals surface area contributed by atoms with Crippen LogP contribution in [0.15, 0.2) is 24.3 Å². The van der Waals surface area contributed by atoms with Crippen LogP contribution >= 0.6 is 0 Å². The Morgan fingerprint density at radius 2 is 2.06 bits per heavy atom. The number of rotatable bonds is 4. The topological polar surface area (TPSA) is 44.5 Å². The molecule has 0 bridgehead atoms. The Balaban J connectivity index is 2.08. The van der Waals surface area contributed by atoms with Crippen molar-refractivity contribution in [3.8, 4) is 0 Å². The van der Waals surface area contributed by atoms with Crippen LogP contribution in [0.4, 0.5) is 0 Å². The molecule has 3 atom stereocenters. The molecule has 2 rings (SSSR count). The van der Waals surface area contributed by atoms with Crippen molar-refractivity contribution in [3.05, 3.63) is 35.4 Å². The van der Waals surface area contributed by atoms with E-state index in [4.69, 9.17) is 15.2 Å². The molecule has 3 heteroatoms. The SMILES string of the molecule is Cc1ccc(C(OC2CCOC2)C(C)N)cc1. The summed E-state index contributed by atoms with van der Waals surface area (Å²) in [6.45, 7) is 5.55. The Hall–Kier alpha value is -0.900. The molecule has 0 aliphatic carbocycles. The first-order valence-corrected chi connectivity index (χ1v) is 6.22. The van der Waals surface area contributed by atoms with Crippen LogP contribution < -0.4 is 5.73 Å². The molecule has 3 unspecified atom stereocenters. The van der Waals surface area contributed by atoms with Gasteiger partial charge in [-0.2, -0.15) is 0 Å². The lowest BCUT2D eigenvalue weighted by Gasteiger charge is -2.25. The van der Waals surface area contributed by atoms with Gasteiger partial charge in [-0.1, -0.05) is 29.8 Å². The largest absolute Gasteiger partial charge is 0.379 e. The summed E-state index contributed by atoms with van der Waals surface area (Å²) in [6, 6.07) is 8.37. The van der Waals surface area contributed by atoms with Gasteiger partial charge in [0.1, 0.15) is 0 Å². The van der Waals surface area contributed by atoms with Gasteiger partial charge in [0.05, 0.1) is 18.8 Å². The Morgan fingerprint density at radius 3 is 2.59 bits per heavy atom. The van der Waals surface area contributed by atoms with E-state index in [0.717, 1.165) is 18.6 Å². The van der Waals surface area contributed by atoms with Crippen molar-refractivity contribution in [2.45, 2.75) is 38.5 Å². The van der Waals surface area contributed by atoms with Crippen molar-refractivity contribution < 1.29 is 9.47 Å². The fourth-order valence-corrected chi connectivity index (χ4v) is 2.09. The van der Waals surface area contributed by atoms with Gasteiger partial charge in [-0.15, -0.1) is 0 Å². The predicted octanol–water partition coefficient (Wildman–Crippen LogP) is 2.19. The molecule has 1 saturated heterocycles. The number of nitrogens with two attached hydrogens (primary N) is 1. The first-order chi connectivity index (χ1) is 8.16. The zero-order valence-electron chi connectivity index (χ0n) is 10.6. The third-order valence-electron chi connectivity index (χ3n) is 3.11. The lowest BCUT2D eigenvalue weighted by atomic mass is 10.0. The molecule has 0 spiro atoms. The van der Waals surface area contributed by atoms with Gasteiger partial charge in [-0.25, -0.2) is 0 Å². The van der Waals surface area contributed by atoms with Crippen LogP contribution in [0.5, 0.6) is 0 Å². The number of ether oxygens (including phenoxy) is 2. The molecule has 1 aliphatic heterocycles. The molecule has 17 heavy (non-hydrogen) atoms. The van der Waals surface area contributed by atoms with Crippen LogP contribution in [0, 0.1) is 6.92 Å². The van der Waals surface area contributed by atoms with Crippen LogP contribution in [-0.4, -0.2) is 25.4 Å². The average molecular weight is 235 g/mol. The third-order valence-corrected chi connectivity index (χ3v) is 3.11. The molecule has 1 fully saturated rings. The lowest BCUT2D eigenvalue weighted by molar-refractivity contribution is -0.0269. The van der Waals surface area contributed by atoms with E-state index in [1.807, 2.05) is 6.92 Å². The molecular formula is C14H21NO2. The number of hydrogen-bond donors (Lipinski definition) is 1. The van der Waals surface area contributed by atoms with E-state index in [0.29, 0.717) is 6.61 Å². The summed E-state index contributed by atoms with van der Waals surface area (Å²) < 4.78 is 11.4. The van der Waals surface area contributed by atoms with Crippen LogP contribution in [0.1, 0.15) is 30.6 Å². The Bertz CT molecular complexity index is 342. The minimum Gasteiger partial charge on any atom is -0.379 e. The molecule has 1 aliphatic rings. The normalized spacial score (nSPS) is 23.6. The number of aryl methyl sites for hydroxylation is 1. The highest BCUT2D eigenvalue weighted by Gasteiger charge is 2.24. The summed E-state index contributed by atoms with van der Waals surface area (Å²) in [7, 11) is 0. The Morgan fingerprint density at radius 1 is 1.35 bits per heavy atom. The maximum Gasteiger partial charge on any atom is 0.0977 e. The third kappa shape index (κ3) is 3.28. The summed E-state index contributed by atoms with van der Waals surface area (Å²) in [5.74, 6) is 0. The van der Waals surface area contributed by atoms with Gasteiger partial charge in [-0.3, -0.25) is 0 Å². The molecule has 0 aromatic heterocycles. The fourth-order valence-electron chi connectivity index (χ4n) is 2.09. The van der Waals surface area contributed by atoms with Gasteiger partial charge in [0, 0.05) is 12.6 Å². The van der Waals surface area contributed by atoms with Gasteiger partial charge < -0.3 is 15.2 Å². The van der Waals surface area contributed by atoms with E-state index in [-0.39, 0.29) is 18.2 Å². The van der Waals surface area contributed by atoms with Crippen LogP contribution in [0.2, 0.25) is 0 Å². The van der Waals surface area contributed by atoms with Gasteiger partial charge >= 0.3 is 0 Å². The summed E-state index contributed by atoms with van der Waals surface area (Å²) in [5.41, 5.74) is 8.42. The van der Waals surface area contributed by atoms with Crippen LogP contribution in [-0.2, 0) is 9.47 Å². The number of hydrogen-bond acceptors (Lipinski definition) is 3. The zero-order valence-corrected chi connectivity index (χ0v) is 10.6. The second-order valence-electron chi connectivity index (χ2n) is 4.81. The van der Waals surface area contributed by atoms with E-state index >= 15 is 0 Å². The molecule has 2 N–H and O–H groups in total. The summed E-state index contributed by atoms with van der Waals surface area (Å²) >= 11 is 0. The molecular weight excluding hydrogens is 214 g/mol. The van der Waals surface area contributed by atoms with Gasteiger partial charge in [0.15, 0.2) is 0 Å². The highest BCUT2D eigenvalue weighted by Crippen LogP contribution is 2.25. The van der Waals surface area contributed by atoms with E-state index in [9.17, 15) is 0 Å². The van der Waals surface area contributed by atoms with E-state index in [1.165, 1.54) is 5.56 Å². The highest BCUT2D eigenvalue weighted by molar-refractivity contribution is 5.24. The molecule has 1 heterocycles. The lowest BCUT2D eigenvalue weighted by Crippen LogP contribution is -2.30. The van der Waals surface area contributed by atoms with Crippen molar-refractivity contribution in [3.63, 3.8) is 0 Å². The molecule has 1 aromatic rings. The Kier molecular flexibility index (Phi) is 4.15. The maximum absolute atomic E-state index is 6.05. The van der Waals surface area contributed by atoms with E-state index < -0.39 is 0 Å². The number of benzene rings is 1. The first kappa shape index (κ1) is 12.6. The smallest absolute Gasteiger partial charge is 0.0977 e. The van der Waals surface area contributed by atoms with E-state index in [1.54, 1.807) is 0 Å². The van der Waals surface area contributed by atoms with E-state index in [2.05, 4.69) is 31.2 Å². The van der Waals surface area contributed by atoms with Gasteiger partial charge in [-0.05, 0) is 25.8 Å². The summed E-state index contributed by atoms with van der Waals surface area (Å²) in [4.78, 5) is 0. The van der Waals surface area contributed by atoms with Crippen molar-refractivity contribution in [2.75, 3.05) is 13.2 Å².